The quantitative estimate of drug-likeness (QED) is 0.656. The highest BCUT2D eigenvalue weighted by atomic mass is 79.9. The van der Waals surface area contributed by atoms with Crippen molar-refractivity contribution in [2.45, 2.75) is 6.92 Å². The number of carbonyl (C=O) groups is 1. The van der Waals surface area contributed by atoms with Gasteiger partial charge in [-0.2, -0.15) is 0 Å². The molecule has 0 bridgehead atoms. The molecule has 0 saturated carbocycles. The van der Waals surface area contributed by atoms with Crippen LogP contribution in [0.15, 0.2) is 71.3 Å². The van der Waals surface area contributed by atoms with Crippen molar-refractivity contribution < 1.29 is 4.79 Å². The van der Waals surface area contributed by atoms with Gasteiger partial charge in [-0.15, -0.1) is 0 Å². The Morgan fingerprint density at radius 2 is 1.75 bits per heavy atom. The minimum atomic E-state index is -0.199. The van der Waals surface area contributed by atoms with Gasteiger partial charge in [-0.3, -0.25) is 4.79 Å². The van der Waals surface area contributed by atoms with Crippen molar-refractivity contribution >= 4 is 39.0 Å². The Kier molecular flexibility index (Phi) is 4.91. The summed E-state index contributed by atoms with van der Waals surface area (Å²) in [5, 5.41) is 6.10. The van der Waals surface area contributed by atoms with Crippen LogP contribution in [0.5, 0.6) is 0 Å². The monoisotopic (exact) mass is 381 g/mol. The summed E-state index contributed by atoms with van der Waals surface area (Å²) in [7, 11) is 0. The molecule has 3 aromatic rings. The largest absolute Gasteiger partial charge is 0.354 e. The van der Waals surface area contributed by atoms with Crippen LogP contribution in [0.25, 0.3) is 0 Å². The van der Waals surface area contributed by atoms with Gasteiger partial charge in [0.05, 0.1) is 17.4 Å². The van der Waals surface area contributed by atoms with Crippen molar-refractivity contribution in [2.24, 2.45) is 0 Å². The molecule has 2 N–H and O–H groups in total. The Morgan fingerprint density at radius 1 is 1.00 bits per heavy atom. The number of pyridine rings is 1. The molecule has 2 aromatic carbocycles. The van der Waals surface area contributed by atoms with Crippen LogP contribution in [0.2, 0.25) is 0 Å². The van der Waals surface area contributed by atoms with Crippen LogP contribution in [0.3, 0.4) is 0 Å². The lowest BCUT2D eigenvalue weighted by Crippen LogP contribution is -2.13. The number of para-hydroxylation sites is 1. The molecular formula is C19H16BrN3O. The van der Waals surface area contributed by atoms with E-state index in [2.05, 4.69) is 31.5 Å². The molecule has 1 heterocycles. The third kappa shape index (κ3) is 3.81. The number of anilines is 3. The molecule has 0 aliphatic rings. The normalized spacial score (nSPS) is 10.2. The number of amides is 1. The summed E-state index contributed by atoms with van der Waals surface area (Å²) in [5.74, 6) is 0.306. The molecule has 4 nitrogen and oxygen atoms in total. The molecule has 0 aliphatic carbocycles. The fourth-order valence-corrected chi connectivity index (χ4v) is 2.70. The highest BCUT2D eigenvalue weighted by molar-refractivity contribution is 9.10. The molecule has 0 unspecified atom stereocenters. The van der Waals surface area contributed by atoms with Gasteiger partial charge in [0, 0.05) is 10.2 Å². The molecule has 1 aromatic heterocycles. The third-order valence-electron chi connectivity index (χ3n) is 3.55. The van der Waals surface area contributed by atoms with E-state index in [1.165, 1.54) is 0 Å². The van der Waals surface area contributed by atoms with Crippen LogP contribution < -0.4 is 10.6 Å². The third-order valence-corrected chi connectivity index (χ3v) is 4.24. The summed E-state index contributed by atoms with van der Waals surface area (Å²) in [5.41, 5.74) is 3.62. The summed E-state index contributed by atoms with van der Waals surface area (Å²) >= 11 is 3.37. The number of rotatable bonds is 4. The second kappa shape index (κ2) is 7.27. The van der Waals surface area contributed by atoms with Crippen molar-refractivity contribution in [1.29, 1.82) is 0 Å². The minimum Gasteiger partial charge on any atom is -0.354 e. The zero-order valence-corrected chi connectivity index (χ0v) is 14.7. The first kappa shape index (κ1) is 16.2. The van der Waals surface area contributed by atoms with Gasteiger partial charge in [0.25, 0.3) is 5.91 Å². The van der Waals surface area contributed by atoms with E-state index < -0.39 is 0 Å². The number of aryl methyl sites for hydroxylation is 1. The van der Waals surface area contributed by atoms with E-state index in [9.17, 15) is 4.79 Å². The molecule has 5 heteroatoms. The minimum absolute atomic E-state index is 0.199. The first-order valence-electron chi connectivity index (χ1n) is 7.48. The van der Waals surface area contributed by atoms with Gasteiger partial charge in [-0.25, -0.2) is 4.98 Å². The Labute approximate surface area is 149 Å². The van der Waals surface area contributed by atoms with Crippen LogP contribution in [-0.4, -0.2) is 10.9 Å². The maximum absolute atomic E-state index is 12.3. The Hall–Kier alpha value is -2.66. The Bertz CT molecular complexity index is 862. The lowest BCUT2D eigenvalue weighted by atomic mass is 10.2. The van der Waals surface area contributed by atoms with Crippen LogP contribution >= 0.6 is 15.9 Å². The van der Waals surface area contributed by atoms with Crippen LogP contribution in [-0.2, 0) is 0 Å². The number of nitrogens with one attached hydrogen (secondary N) is 2. The second-order valence-corrected chi connectivity index (χ2v) is 6.16. The van der Waals surface area contributed by atoms with Crippen molar-refractivity contribution in [1.82, 2.24) is 4.98 Å². The molecule has 120 valence electrons. The van der Waals surface area contributed by atoms with Gasteiger partial charge in [-0.05, 0) is 58.7 Å². The first-order valence-corrected chi connectivity index (χ1v) is 8.27. The van der Waals surface area contributed by atoms with Gasteiger partial charge in [-0.1, -0.05) is 30.3 Å². The Morgan fingerprint density at radius 3 is 2.46 bits per heavy atom. The summed E-state index contributed by atoms with van der Waals surface area (Å²) in [6.45, 7) is 2.04. The number of benzene rings is 2. The number of hydrogen-bond acceptors (Lipinski definition) is 3. The summed E-state index contributed by atoms with van der Waals surface area (Å²) in [6, 6.07) is 19.0. The Balaban J connectivity index is 1.70. The summed E-state index contributed by atoms with van der Waals surface area (Å²) in [4.78, 5) is 16.5. The highest BCUT2D eigenvalue weighted by Crippen LogP contribution is 2.21. The summed E-state index contributed by atoms with van der Waals surface area (Å²) in [6.07, 6.45) is 1.70. The van der Waals surface area contributed by atoms with Gasteiger partial charge in [0.2, 0.25) is 0 Å². The average molecular weight is 382 g/mol. The SMILES string of the molecule is Cc1ccccc1Nc1ccc(NC(=O)c2ccccc2Br)nc1. The van der Waals surface area contributed by atoms with Gasteiger partial charge in [0.1, 0.15) is 5.82 Å². The molecular weight excluding hydrogens is 366 g/mol. The van der Waals surface area contributed by atoms with E-state index in [0.717, 1.165) is 21.4 Å². The second-order valence-electron chi connectivity index (χ2n) is 5.31. The predicted molar refractivity (Wildman–Crippen MR) is 101 cm³/mol. The maximum atomic E-state index is 12.3. The number of aromatic nitrogens is 1. The maximum Gasteiger partial charge on any atom is 0.257 e. The van der Waals surface area contributed by atoms with Crippen molar-refractivity contribution in [3.8, 4) is 0 Å². The smallest absolute Gasteiger partial charge is 0.257 e. The van der Waals surface area contributed by atoms with Crippen molar-refractivity contribution in [2.75, 3.05) is 10.6 Å². The molecule has 24 heavy (non-hydrogen) atoms. The predicted octanol–water partition coefficient (Wildman–Crippen LogP) is 5.15. The highest BCUT2D eigenvalue weighted by Gasteiger charge is 2.10. The average Bonchev–Trinajstić information content (AvgIpc) is 2.59. The standard InChI is InChI=1S/C19H16BrN3O/c1-13-6-2-5-9-17(13)22-14-10-11-18(21-12-14)23-19(24)15-7-3-4-8-16(15)20/h2-12,22H,1H3,(H,21,23,24). The molecule has 0 aliphatic heterocycles. The zero-order valence-electron chi connectivity index (χ0n) is 13.1. The van der Waals surface area contributed by atoms with E-state index in [-0.39, 0.29) is 5.91 Å². The van der Waals surface area contributed by atoms with Gasteiger partial charge < -0.3 is 10.6 Å². The molecule has 0 saturated heterocycles. The molecule has 3 rings (SSSR count). The van der Waals surface area contributed by atoms with Crippen molar-refractivity contribution in [3.63, 3.8) is 0 Å². The van der Waals surface area contributed by atoms with Crippen LogP contribution in [0, 0.1) is 6.92 Å². The molecule has 1 amide bonds. The van der Waals surface area contributed by atoms with E-state index in [1.807, 2.05) is 55.5 Å². The number of carbonyl (C=O) groups excluding carboxylic acids is 1. The van der Waals surface area contributed by atoms with Crippen LogP contribution in [0.1, 0.15) is 15.9 Å². The lowest BCUT2D eigenvalue weighted by molar-refractivity contribution is 0.102. The van der Waals surface area contributed by atoms with Gasteiger partial charge in [0.15, 0.2) is 0 Å². The zero-order chi connectivity index (χ0) is 16.9. The topological polar surface area (TPSA) is 54.0 Å². The number of halogens is 1. The van der Waals surface area contributed by atoms with Crippen LogP contribution in [0.4, 0.5) is 17.2 Å². The molecule has 0 spiro atoms. The molecule has 0 fully saturated rings. The summed E-state index contributed by atoms with van der Waals surface area (Å²) < 4.78 is 0.750. The van der Waals surface area contributed by atoms with E-state index in [4.69, 9.17) is 0 Å². The first-order chi connectivity index (χ1) is 11.6. The van der Waals surface area contributed by atoms with Crippen molar-refractivity contribution in [3.05, 3.63) is 82.5 Å². The van der Waals surface area contributed by atoms with E-state index in [0.29, 0.717) is 11.4 Å². The fraction of sp³-hybridized carbons (Fsp3) is 0.0526. The lowest BCUT2D eigenvalue weighted by Gasteiger charge is -2.10. The van der Waals surface area contributed by atoms with E-state index >= 15 is 0 Å². The molecule has 0 radical (unpaired) electrons. The molecule has 0 atom stereocenters. The number of nitrogens with zero attached hydrogens (tertiary/aromatic N) is 1. The van der Waals surface area contributed by atoms with E-state index in [1.54, 1.807) is 18.3 Å². The fourth-order valence-electron chi connectivity index (χ4n) is 2.24. The number of hydrogen-bond donors (Lipinski definition) is 2. The van der Waals surface area contributed by atoms with Gasteiger partial charge >= 0.3 is 0 Å².